The maximum atomic E-state index is 13.6. The number of benzene rings is 4. The maximum Gasteiger partial charge on any atom is 0.416 e. The summed E-state index contributed by atoms with van der Waals surface area (Å²) in [5.41, 5.74) is 1.42. The molecule has 0 spiro atoms. The van der Waals surface area contributed by atoms with Crippen LogP contribution in [-0.2, 0) is 30.5 Å². The van der Waals surface area contributed by atoms with Crippen molar-refractivity contribution in [3.8, 4) is 0 Å². The molecule has 5 amide bonds. The molecule has 6 rings (SSSR count). The fraction of sp³-hybridized carbons (Fsp3) is 0.118. The first kappa shape index (κ1) is 31.7. The molecule has 0 atom stereocenters. The number of imide groups is 1. The molecule has 242 valence electrons. The van der Waals surface area contributed by atoms with E-state index in [0.29, 0.717) is 22.3 Å². The van der Waals surface area contributed by atoms with Crippen molar-refractivity contribution in [1.82, 2.24) is 10.2 Å². The SMILES string of the molecule is O=C(Cc1ccccc1)Nc1cc(NC(=O)Nc2c[n+](Cc3cccc(CN4C(=O)c5ccccc5C4=O)c3)no2)cc(C(F)(F)F)c1. The van der Waals surface area contributed by atoms with Gasteiger partial charge in [-0.1, -0.05) is 60.7 Å². The molecule has 0 bridgehead atoms. The molecular weight excluding hydrogens is 629 g/mol. The number of halogens is 3. The number of rotatable bonds is 9. The van der Waals surface area contributed by atoms with Gasteiger partial charge in [-0.25, -0.2) is 4.79 Å². The smallest absolute Gasteiger partial charge is 0.326 e. The lowest BCUT2D eigenvalue weighted by Gasteiger charge is -2.14. The van der Waals surface area contributed by atoms with Crippen LogP contribution in [-0.4, -0.2) is 33.9 Å². The van der Waals surface area contributed by atoms with E-state index in [2.05, 4.69) is 21.2 Å². The Morgan fingerprint density at radius 2 is 1.38 bits per heavy atom. The van der Waals surface area contributed by atoms with Crippen molar-refractivity contribution in [3.63, 3.8) is 0 Å². The number of hydrogen-bond donors (Lipinski definition) is 3. The van der Waals surface area contributed by atoms with Crippen molar-refractivity contribution in [2.75, 3.05) is 16.0 Å². The van der Waals surface area contributed by atoms with E-state index in [0.717, 1.165) is 17.7 Å². The summed E-state index contributed by atoms with van der Waals surface area (Å²) in [5, 5.41) is 11.0. The Morgan fingerprint density at radius 1 is 0.750 bits per heavy atom. The molecule has 1 aliphatic rings. The first-order valence-electron chi connectivity index (χ1n) is 14.6. The molecule has 4 aromatic carbocycles. The van der Waals surface area contributed by atoms with Gasteiger partial charge in [-0.05, 0) is 52.2 Å². The van der Waals surface area contributed by atoms with Crippen LogP contribution in [0, 0.1) is 0 Å². The van der Waals surface area contributed by atoms with Gasteiger partial charge >= 0.3 is 18.1 Å². The molecule has 1 aromatic heterocycles. The van der Waals surface area contributed by atoms with E-state index >= 15 is 0 Å². The molecule has 0 saturated carbocycles. The van der Waals surface area contributed by atoms with Crippen molar-refractivity contribution in [2.24, 2.45) is 0 Å². The van der Waals surface area contributed by atoms with Gasteiger partial charge in [0.1, 0.15) is 0 Å². The molecule has 0 aliphatic carbocycles. The zero-order valence-corrected chi connectivity index (χ0v) is 25.0. The van der Waals surface area contributed by atoms with Crippen LogP contribution in [0.15, 0.2) is 108 Å². The number of nitrogens with one attached hydrogen (secondary N) is 3. The quantitative estimate of drug-likeness (QED) is 0.139. The average molecular weight is 656 g/mol. The molecule has 11 nitrogen and oxygen atoms in total. The highest BCUT2D eigenvalue weighted by atomic mass is 19.4. The zero-order chi connectivity index (χ0) is 33.8. The van der Waals surface area contributed by atoms with Gasteiger partial charge in [-0.15, -0.1) is 0 Å². The summed E-state index contributed by atoms with van der Waals surface area (Å²) < 4.78 is 47.4. The van der Waals surface area contributed by atoms with Crippen LogP contribution in [0.2, 0.25) is 0 Å². The number of amides is 5. The van der Waals surface area contributed by atoms with Crippen molar-refractivity contribution in [3.05, 3.63) is 137 Å². The molecule has 2 heterocycles. The van der Waals surface area contributed by atoms with Gasteiger partial charge in [0.25, 0.3) is 18.0 Å². The monoisotopic (exact) mass is 655 g/mol. The van der Waals surface area contributed by atoms with E-state index in [1.54, 1.807) is 78.9 Å². The largest absolute Gasteiger partial charge is 0.416 e. The van der Waals surface area contributed by atoms with E-state index < -0.39 is 23.7 Å². The summed E-state index contributed by atoms with van der Waals surface area (Å²) in [6.45, 7) is 0.271. The number of alkyl halides is 3. The Morgan fingerprint density at radius 3 is 2.06 bits per heavy atom. The van der Waals surface area contributed by atoms with Crippen LogP contribution < -0.4 is 20.6 Å². The summed E-state index contributed by atoms with van der Waals surface area (Å²) in [6.07, 6.45) is -3.42. The molecule has 14 heteroatoms. The van der Waals surface area contributed by atoms with Gasteiger partial charge < -0.3 is 10.6 Å². The van der Waals surface area contributed by atoms with E-state index in [9.17, 15) is 32.3 Å². The first-order chi connectivity index (χ1) is 23.0. The number of carbonyl (C=O) groups is 4. The number of hydrogen-bond acceptors (Lipinski definition) is 6. The molecule has 0 radical (unpaired) electrons. The molecule has 0 fully saturated rings. The lowest BCUT2D eigenvalue weighted by molar-refractivity contribution is -0.754. The second-order valence-electron chi connectivity index (χ2n) is 10.9. The molecule has 0 saturated heterocycles. The predicted molar refractivity (Wildman–Crippen MR) is 166 cm³/mol. The summed E-state index contributed by atoms with van der Waals surface area (Å²) in [7, 11) is 0. The van der Waals surface area contributed by atoms with Crippen LogP contribution >= 0.6 is 0 Å². The van der Waals surface area contributed by atoms with Crippen LogP contribution in [0.1, 0.15) is 43.0 Å². The highest BCUT2D eigenvalue weighted by Crippen LogP contribution is 2.33. The Balaban J connectivity index is 1.08. The molecular formula is C34H26F3N6O5+. The lowest BCUT2D eigenvalue weighted by atomic mass is 10.1. The van der Waals surface area contributed by atoms with Crippen LogP contribution in [0.3, 0.4) is 0 Å². The van der Waals surface area contributed by atoms with Crippen LogP contribution in [0.4, 0.5) is 35.2 Å². The highest BCUT2D eigenvalue weighted by Gasteiger charge is 2.35. The summed E-state index contributed by atoms with van der Waals surface area (Å²) >= 11 is 0. The molecule has 5 aromatic rings. The standard InChI is InChI=1S/C34H25F3N6O5/c35-34(36,37)24-15-25(38-29(44)14-21-7-2-1-3-8-21)17-26(16-24)39-33(47)40-30-20-42(41-48-30)18-22-9-6-10-23(13-22)19-43-31(45)27-11-4-5-12-28(27)32(43)46/h1-13,15-17,20H,14,18-19H2,(H2-,38,39,40,41,44,47)/p+1. The van der Waals surface area contributed by atoms with Crippen molar-refractivity contribution in [1.29, 1.82) is 0 Å². The minimum absolute atomic E-state index is 0.0529. The normalized spacial score (nSPS) is 12.5. The number of fused-ring (bicyclic) bond motifs is 1. The highest BCUT2D eigenvalue weighted by molar-refractivity contribution is 6.21. The lowest BCUT2D eigenvalue weighted by Crippen LogP contribution is -2.35. The van der Waals surface area contributed by atoms with Gasteiger partial charge in [0.2, 0.25) is 17.7 Å². The average Bonchev–Trinajstić information content (AvgIpc) is 3.58. The third-order valence-corrected chi connectivity index (χ3v) is 7.31. The number of nitrogens with zero attached hydrogens (tertiary/aromatic N) is 3. The molecule has 48 heavy (non-hydrogen) atoms. The third-order valence-electron chi connectivity index (χ3n) is 7.31. The second kappa shape index (κ2) is 13.2. The van der Waals surface area contributed by atoms with Crippen LogP contribution in [0.5, 0.6) is 0 Å². The van der Waals surface area contributed by atoms with Gasteiger partial charge in [0.05, 0.1) is 29.7 Å². The summed E-state index contributed by atoms with van der Waals surface area (Å²) in [5.74, 6) is -1.36. The summed E-state index contributed by atoms with van der Waals surface area (Å²) in [4.78, 5) is 51.8. The van der Waals surface area contributed by atoms with Crippen molar-refractivity contribution < 1.29 is 41.6 Å². The third kappa shape index (κ3) is 7.39. The Hall–Kier alpha value is -6.31. The number of urea groups is 1. The zero-order valence-electron chi connectivity index (χ0n) is 25.0. The minimum atomic E-state index is -4.74. The summed E-state index contributed by atoms with van der Waals surface area (Å²) in [6, 6.07) is 24.3. The number of anilines is 3. The Bertz CT molecular complexity index is 1990. The Kier molecular flexibility index (Phi) is 8.71. The van der Waals surface area contributed by atoms with Crippen LogP contribution in [0.25, 0.3) is 0 Å². The molecule has 3 N–H and O–H groups in total. The van der Waals surface area contributed by atoms with Crippen molar-refractivity contribution >= 4 is 41.0 Å². The number of aromatic nitrogens is 2. The minimum Gasteiger partial charge on any atom is -0.326 e. The first-order valence-corrected chi connectivity index (χ1v) is 14.6. The Labute approximate surface area is 270 Å². The molecule has 0 unspecified atom stereocenters. The topological polar surface area (TPSA) is 138 Å². The van der Waals surface area contributed by atoms with Gasteiger partial charge in [0, 0.05) is 16.9 Å². The fourth-order valence-corrected chi connectivity index (χ4v) is 5.18. The number of carbonyl (C=O) groups excluding carboxylic acids is 4. The second-order valence-corrected chi connectivity index (χ2v) is 10.9. The maximum absolute atomic E-state index is 13.6. The predicted octanol–water partition coefficient (Wildman–Crippen LogP) is 5.65. The van der Waals surface area contributed by atoms with Crippen molar-refractivity contribution in [2.45, 2.75) is 25.7 Å². The van der Waals surface area contributed by atoms with Gasteiger partial charge in [0.15, 0.2) is 0 Å². The van der Waals surface area contributed by atoms with E-state index in [-0.39, 0.29) is 48.6 Å². The fourth-order valence-electron chi connectivity index (χ4n) is 5.18. The molecule has 1 aliphatic heterocycles. The van der Waals surface area contributed by atoms with E-state index in [4.69, 9.17) is 4.52 Å². The van der Waals surface area contributed by atoms with E-state index in [1.165, 1.54) is 21.8 Å². The van der Waals surface area contributed by atoms with Gasteiger partial charge in [-0.2, -0.15) is 13.2 Å². The van der Waals surface area contributed by atoms with Gasteiger partial charge in [-0.3, -0.25) is 29.1 Å². The van der Waals surface area contributed by atoms with E-state index in [1.807, 2.05) is 0 Å².